The maximum Gasteiger partial charge on any atom is 0.230 e. The summed E-state index contributed by atoms with van der Waals surface area (Å²) in [6, 6.07) is 2.55. The van der Waals surface area contributed by atoms with Crippen molar-refractivity contribution in [1.82, 2.24) is 15.0 Å². The SMILES string of the molecule is CCN(CC)c1nc(Cl)nc(-c2c(F)ccc(C)c2F)n1. The molecule has 1 heterocycles. The summed E-state index contributed by atoms with van der Waals surface area (Å²) in [4.78, 5) is 13.8. The Hall–Kier alpha value is -1.82. The third-order valence-corrected chi connectivity index (χ3v) is 3.32. The molecule has 1 aromatic carbocycles. The Balaban J connectivity index is 2.63. The Morgan fingerprint density at radius 3 is 2.38 bits per heavy atom. The van der Waals surface area contributed by atoms with E-state index in [4.69, 9.17) is 11.6 Å². The molecule has 0 aliphatic heterocycles. The summed E-state index contributed by atoms with van der Waals surface area (Å²) < 4.78 is 28.1. The highest BCUT2D eigenvalue weighted by molar-refractivity contribution is 6.28. The summed E-state index contributed by atoms with van der Waals surface area (Å²) in [5.74, 6) is -1.22. The minimum atomic E-state index is -0.731. The smallest absolute Gasteiger partial charge is 0.230 e. The molecule has 21 heavy (non-hydrogen) atoms. The van der Waals surface area contributed by atoms with E-state index in [1.54, 1.807) is 6.92 Å². The lowest BCUT2D eigenvalue weighted by atomic mass is 10.1. The lowest BCUT2D eigenvalue weighted by molar-refractivity contribution is 0.581. The van der Waals surface area contributed by atoms with Gasteiger partial charge in [-0.15, -0.1) is 0 Å². The van der Waals surface area contributed by atoms with E-state index in [2.05, 4.69) is 15.0 Å². The number of benzene rings is 1. The largest absolute Gasteiger partial charge is 0.341 e. The van der Waals surface area contributed by atoms with Crippen LogP contribution < -0.4 is 4.90 Å². The van der Waals surface area contributed by atoms with Crippen molar-refractivity contribution in [2.45, 2.75) is 20.8 Å². The molecule has 7 heteroatoms. The van der Waals surface area contributed by atoms with Crippen molar-refractivity contribution in [2.75, 3.05) is 18.0 Å². The van der Waals surface area contributed by atoms with E-state index in [1.807, 2.05) is 18.7 Å². The predicted molar refractivity (Wildman–Crippen MR) is 78.5 cm³/mol. The molecule has 0 N–H and O–H groups in total. The fourth-order valence-electron chi connectivity index (χ4n) is 1.96. The first-order chi connectivity index (χ1) is 9.97. The number of rotatable bonds is 4. The van der Waals surface area contributed by atoms with E-state index in [9.17, 15) is 8.78 Å². The number of anilines is 1. The third-order valence-electron chi connectivity index (χ3n) is 3.15. The Bertz CT molecular complexity index is 660. The first kappa shape index (κ1) is 15.6. The first-order valence-corrected chi connectivity index (χ1v) is 6.97. The first-order valence-electron chi connectivity index (χ1n) is 6.59. The molecule has 0 bridgehead atoms. The fraction of sp³-hybridized carbons (Fsp3) is 0.357. The molecule has 2 aromatic rings. The molecular weight excluding hydrogens is 298 g/mol. The van der Waals surface area contributed by atoms with Gasteiger partial charge in [-0.1, -0.05) is 6.07 Å². The Morgan fingerprint density at radius 2 is 1.76 bits per heavy atom. The zero-order valence-corrected chi connectivity index (χ0v) is 12.7. The predicted octanol–water partition coefficient (Wildman–Crippen LogP) is 3.62. The average molecular weight is 313 g/mol. The minimum absolute atomic E-state index is 0.0952. The van der Waals surface area contributed by atoms with E-state index in [0.717, 1.165) is 0 Å². The third kappa shape index (κ3) is 3.10. The monoisotopic (exact) mass is 312 g/mol. The summed E-state index contributed by atoms with van der Waals surface area (Å²) in [6.45, 7) is 6.69. The van der Waals surface area contributed by atoms with E-state index >= 15 is 0 Å². The number of aryl methyl sites for hydroxylation is 1. The molecule has 112 valence electrons. The summed E-state index contributed by atoms with van der Waals surface area (Å²) in [6.07, 6.45) is 0. The summed E-state index contributed by atoms with van der Waals surface area (Å²) >= 11 is 5.87. The molecule has 1 aromatic heterocycles. The Labute approximate surface area is 126 Å². The molecule has 0 atom stereocenters. The van der Waals surface area contributed by atoms with Crippen molar-refractivity contribution in [2.24, 2.45) is 0 Å². The molecule has 4 nitrogen and oxygen atoms in total. The quantitative estimate of drug-likeness (QED) is 0.864. The van der Waals surface area contributed by atoms with Gasteiger partial charge in [0.15, 0.2) is 5.82 Å². The topological polar surface area (TPSA) is 41.9 Å². The highest BCUT2D eigenvalue weighted by Gasteiger charge is 2.19. The van der Waals surface area contributed by atoms with Crippen molar-refractivity contribution in [3.05, 3.63) is 34.6 Å². The fourth-order valence-corrected chi connectivity index (χ4v) is 2.12. The van der Waals surface area contributed by atoms with Gasteiger partial charge in [-0.05, 0) is 44.0 Å². The van der Waals surface area contributed by atoms with Crippen LogP contribution in [0.1, 0.15) is 19.4 Å². The van der Waals surface area contributed by atoms with Gasteiger partial charge in [0.2, 0.25) is 11.2 Å². The molecule has 0 amide bonds. The number of hydrogen-bond donors (Lipinski definition) is 0. The number of halogens is 3. The van der Waals surface area contributed by atoms with Crippen molar-refractivity contribution in [1.29, 1.82) is 0 Å². The molecule has 0 aliphatic carbocycles. The van der Waals surface area contributed by atoms with Crippen LogP contribution in [0.3, 0.4) is 0 Å². The molecule has 0 aliphatic rings. The Morgan fingerprint density at radius 1 is 1.10 bits per heavy atom. The van der Waals surface area contributed by atoms with E-state index < -0.39 is 11.6 Å². The van der Waals surface area contributed by atoms with Crippen LogP contribution in [-0.4, -0.2) is 28.0 Å². The van der Waals surface area contributed by atoms with Crippen LogP contribution in [0.4, 0.5) is 14.7 Å². The van der Waals surface area contributed by atoms with Crippen LogP contribution in [0.5, 0.6) is 0 Å². The van der Waals surface area contributed by atoms with E-state index in [-0.39, 0.29) is 16.7 Å². The molecule has 0 fully saturated rings. The molecule has 0 radical (unpaired) electrons. The van der Waals surface area contributed by atoms with Gasteiger partial charge in [-0.25, -0.2) is 8.78 Å². The van der Waals surface area contributed by atoms with Gasteiger partial charge in [0.25, 0.3) is 0 Å². The zero-order valence-electron chi connectivity index (χ0n) is 12.0. The molecule has 2 rings (SSSR count). The maximum atomic E-state index is 14.2. The molecular formula is C14H15ClF2N4. The lowest BCUT2D eigenvalue weighted by Crippen LogP contribution is -2.24. The summed E-state index contributed by atoms with van der Waals surface area (Å²) in [5, 5.41) is -0.0952. The van der Waals surface area contributed by atoms with Crippen molar-refractivity contribution < 1.29 is 8.78 Å². The summed E-state index contributed by atoms with van der Waals surface area (Å²) in [7, 11) is 0. The number of nitrogens with zero attached hydrogens (tertiary/aromatic N) is 4. The molecule has 0 unspecified atom stereocenters. The molecule has 0 saturated carbocycles. The second kappa shape index (κ2) is 6.30. The van der Waals surface area contributed by atoms with Gasteiger partial charge in [0.05, 0.1) is 5.56 Å². The summed E-state index contributed by atoms with van der Waals surface area (Å²) in [5.41, 5.74) is 0.0278. The average Bonchev–Trinajstić information content (AvgIpc) is 2.44. The van der Waals surface area contributed by atoms with Crippen LogP contribution in [-0.2, 0) is 0 Å². The van der Waals surface area contributed by atoms with Gasteiger partial charge in [-0.3, -0.25) is 0 Å². The van der Waals surface area contributed by atoms with Crippen LogP contribution >= 0.6 is 11.6 Å². The lowest BCUT2D eigenvalue weighted by Gasteiger charge is -2.19. The van der Waals surface area contributed by atoms with Crippen LogP contribution in [0.25, 0.3) is 11.4 Å². The normalized spacial score (nSPS) is 10.8. The van der Waals surface area contributed by atoms with Crippen molar-refractivity contribution in [3.63, 3.8) is 0 Å². The Kier molecular flexibility index (Phi) is 4.67. The van der Waals surface area contributed by atoms with Crippen LogP contribution in [0, 0.1) is 18.6 Å². The second-order valence-corrected chi connectivity index (χ2v) is 4.79. The van der Waals surface area contributed by atoms with Gasteiger partial charge in [0.1, 0.15) is 11.6 Å². The zero-order chi connectivity index (χ0) is 15.6. The van der Waals surface area contributed by atoms with Gasteiger partial charge >= 0.3 is 0 Å². The maximum absolute atomic E-state index is 14.2. The molecule has 0 saturated heterocycles. The number of hydrogen-bond acceptors (Lipinski definition) is 4. The van der Waals surface area contributed by atoms with Gasteiger partial charge in [0, 0.05) is 13.1 Å². The van der Waals surface area contributed by atoms with Crippen LogP contribution in [0.15, 0.2) is 12.1 Å². The van der Waals surface area contributed by atoms with E-state index in [1.165, 1.54) is 12.1 Å². The number of aromatic nitrogens is 3. The van der Waals surface area contributed by atoms with Gasteiger partial charge in [-0.2, -0.15) is 15.0 Å². The molecule has 0 spiro atoms. The highest BCUT2D eigenvalue weighted by Crippen LogP contribution is 2.27. The van der Waals surface area contributed by atoms with Crippen LogP contribution in [0.2, 0.25) is 5.28 Å². The highest BCUT2D eigenvalue weighted by atomic mass is 35.5. The standard InChI is InChI=1S/C14H15ClF2N4/c1-4-21(5-2)14-19-12(18-13(15)20-14)10-9(16)7-6-8(3)11(10)17/h6-7H,4-5H2,1-3H3. The minimum Gasteiger partial charge on any atom is -0.341 e. The van der Waals surface area contributed by atoms with Crippen molar-refractivity contribution in [3.8, 4) is 11.4 Å². The van der Waals surface area contributed by atoms with Gasteiger partial charge < -0.3 is 4.90 Å². The van der Waals surface area contributed by atoms with E-state index in [0.29, 0.717) is 24.6 Å². The van der Waals surface area contributed by atoms with Crippen molar-refractivity contribution >= 4 is 17.5 Å². The second-order valence-electron chi connectivity index (χ2n) is 4.45.